The summed E-state index contributed by atoms with van der Waals surface area (Å²) in [6, 6.07) is 24.1. The first kappa shape index (κ1) is 17.1. The molecule has 0 atom stereocenters. The molecule has 140 valence electrons. The average Bonchev–Trinajstić information content (AvgIpc) is 3.50. The van der Waals surface area contributed by atoms with Crippen LogP contribution in [0.1, 0.15) is 35.6 Å². The fourth-order valence-corrected chi connectivity index (χ4v) is 3.78. The number of fused-ring (bicyclic) bond motifs is 1. The maximum atomic E-state index is 13.8. The van der Waals surface area contributed by atoms with Crippen molar-refractivity contribution in [2.45, 2.75) is 32.3 Å². The third kappa shape index (κ3) is 3.18. The number of ether oxygens (including phenoxy) is 1. The summed E-state index contributed by atoms with van der Waals surface area (Å²) in [5.74, 6) is 1.29. The summed E-state index contributed by atoms with van der Waals surface area (Å²) in [4.78, 5) is 0. The highest BCUT2D eigenvalue weighted by molar-refractivity contribution is 5.85. The van der Waals surface area contributed by atoms with Gasteiger partial charge in [0.15, 0.2) is 0 Å². The molecule has 3 aromatic carbocycles. The molecule has 0 bridgehead atoms. The van der Waals surface area contributed by atoms with Crippen LogP contribution in [-0.4, -0.2) is 4.57 Å². The summed E-state index contributed by atoms with van der Waals surface area (Å²) in [7, 11) is 0. The van der Waals surface area contributed by atoms with Crippen molar-refractivity contribution in [1.29, 1.82) is 0 Å². The van der Waals surface area contributed by atoms with E-state index in [0.717, 1.165) is 27.9 Å². The number of aryl methyl sites for hydroxylation is 1. The van der Waals surface area contributed by atoms with Crippen LogP contribution in [0.3, 0.4) is 0 Å². The molecule has 28 heavy (non-hydrogen) atoms. The number of rotatable bonds is 5. The second kappa shape index (κ2) is 6.83. The second-order valence-electron chi connectivity index (χ2n) is 7.61. The molecule has 3 heteroatoms. The molecule has 0 amide bonds. The van der Waals surface area contributed by atoms with E-state index in [4.69, 9.17) is 4.74 Å². The zero-order chi connectivity index (χ0) is 19.1. The predicted molar refractivity (Wildman–Crippen MR) is 111 cm³/mol. The fourth-order valence-electron chi connectivity index (χ4n) is 3.78. The molecule has 1 fully saturated rings. The largest absolute Gasteiger partial charge is 0.489 e. The van der Waals surface area contributed by atoms with Crippen molar-refractivity contribution in [3.63, 3.8) is 0 Å². The van der Waals surface area contributed by atoms with Crippen LogP contribution in [0.25, 0.3) is 16.6 Å². The lowest BCUT2D eigenvalue weighted by Crippen LogP contribution is -2.00. The SMILES string of the molecule is Cc1cc(-n2c(C3CC3)cc3cc(OCc4ccccc4)ccc32)ccc1F. The van der Waals surface area contributed by atoms with Crippen molar-refractivity contribution in [1.82, 2.24) is 4.57 Å². The van der Waals surface area contributed by atoms with Crippen LogP contribution in [0.15, 0.2) is 72.8 Å². The first-order valence-electron chi connectivity index (χ1n) is 9.78. The number of nitrogens with zero attached hydrogens (tertiary/aromatic N) is 1. The summed E-state index contributed by atoms with van der Waals surface area (Å²) < 4.78 is 22.1. The van der Waals surface area contributed by atoms with E-state index in [2.05, 4.69) is 34.9 Å². The van der Waals surface area contributed by atoms with Crippen molar-refractivity contribution < 1.29 is 9.13 Å². The highest BCUT2D eigenvalue weighted by Gasteiger charge is 2.28. The van der Waals surface area contributed by atoms with E-state index >= 15 is 0 Å². The van der Waals surface area contributed by atoms with E-state index in [1.54, 1.807) is 6.07 Å². The Hall–Kier alpha value is -3.07. The van der Waals surface area contributed by atoms with E-state index in [1.165, 1.54) is 18.5 Å². The van der Waals surface area contributed by atoms with Gasteiger partial charge in [0, 0.05) is 16.8 Å². The van der Waals surface area contributed by atoms with Gasteiger partial charge in [-0.1, -0.05) is 30.3 Å². The Morgan fingerprint density at radius 1 is 0.964 bits per heavy atom. The molecule has 1 aliphatic rings. The number of halogens is 1. The highest BCUT2D eigenvalue weighted by atomic mass is 19.1. The van der Waals surface area contributed by atoms with E-state index < -0.39 is 0 Å². The number of hydrogen-bond acceptors (Lipinski definition) is 1. The van der Waals surface area contributed by atoms with E-state index in [0.29, 0.717) is 18.1 Å². The predicted octanol–water partition coefficient (Wildman–Crippen LogP) is 6.53. The second-order valence-corrected chi connectivity index (χ2v) is 7.61. The van der Waals surface area contributed by atoms with Crippen LogP contribution in [-0.2, 0) is 6.61 Å². The van der Waals surface area contributed by atoms with Crippen LogP contribution in [0.5, 0.6) is 5.75 Å². The number of hydrogen-bond donors (Lipinski definition) is 0. The zero-order valence-corrected chi connectivity index (χ0v) is 15.9. The molecule has 1 saturated carbocycles. The number of benzene rings is 3. The quantitative estimate of drug-likeness (QED) is 0.389. The van der Waals surface area contributed by atoms with Gasteiger partial charge in [0.25, 0.3) is 0 Å². The van der Waals surface area contributed by atoms with Crippen molar-refractivity contribution in [3.8, 4) is 11.4 Å². The molecule has 0 spiro atoms. The Kier molecular flexibility index (Phi) is 4.16. The Morgan fingerprint density at radius 2 is 1.79 bits per heavy atom. The Balaban J connectivity index is 1.53. The lowest BCUT2D eigenvalue weighted by molar-refractivity contribution is 0.306. The monoisotopic (exact) mass is 371 g/mol. The molecule has 0 N–H and O–H groups in total. The summed E-state index contributed by atoms with van der Waals surface area (Å²) in [5.41, 5.74) is 5.29. The molecule has 0 radical (unpaired) electrons. The van der Waals surface area contributed by atoms with Gasteiger partial charge in [-0.15, -0.1) is 0 Å². The summed E-state index contributed by atoms with van der Waals surface area (Å²) in [6.07, 6.45) is 2.43. The summed E-state index contributed by atoms with van der Waals surface area (Å²) >= 11 is 0. The van der Waals surface area contributed by atoms with Crippen LogP contribution in [0.2, 0.25) is 0 Å². The van der Waals surface area contributed by atoms with Crippen molar-refractivity contribution >= 4 is 10.9 Å². The third-order valence-electron chi connectivity index (χ3n) is 5.45. The van der Waals surface area contributed by atoms with Gasteiger partial charge in [0.05, 0.1) is 5.52 Å². The minimum Gasteiger partial charge on any atom is -0.489 e. The molecule has 5 rings (SSSR count). The number of aromatic nitrogens is 1. The lowest BCUT2D eigenvalue weighted by Gasteiger charge is -2.12. The van der Waals surface area contributed by atoms with E-state index in [-0.39, 0.29) is 5.82 Å². The van der Waals surface area contributed by atoms with Crippen LogP contribution in [0.4, 0.5) is 4.39 Å². The Labute approximate surface area is 164 Å². The molecular weight excluding hydrogens is 349 g/mol. The van der Waals surface area contributed by atoms with Crippen LogP contribution < -0.4 is 4.74 Å². The third-order valence-corrected chi connectivity index (χ3v) is 5.45. The van der Waals surface area contributed by atoms with Gasteiger partial charge in [-0.3, -0.25) is 0 Å². The van der Waals surface area contributed by atoms with Crippen LogP contribution >= 0.6 is 0 Å². The average molecular weight is 371 g/mol. The lowest BCUT2D eigenvalue weighted by atomic mass is 10.2. The minimum absolute atomic E-state index is 0.162. The van der Waals surface area contributed by atoms with Crippen LogP contribution in [0, 0.1) is 12.7 Å². The van der Waals surface area contributed by atoms with Crippen molar-refractivity contribution in [2.24, 2.45) is 0 Å². The van der Waals surface area contributed by atoms with Gasteiger partial charge in [-0.2, -0.15) is 0 Å². The first-order chi connectivity index (χ1) is 13.7. The van der Waals surface area contributed by atoms with Gasteiger partial charge in [-0.05, 0) is 79.3 Å². The Bertz CT molecular complexity index is 1140. The summed E-state index contributed by atoms with van der Waals surface area (Å²) in [6.45, 7) is 2.37. The van der Waals surface area contributed by atoms with Crippen molar-refractivity contribution in [2.75, 3.05) is 0 Å². The van der Waals surface area contributed by atoms with Gasteiger partial charge in [-0.25, -0.2) is 4.39 Å². The first-order valence-corrected chi connectivity index (χ1v) is 9.78. The van der Waals surface area contributed by atoms with Gasteiger partial charge in [0.2, 0.25) is 0 Å². The van der Waals surface area contributed by atoms with Gasteiger partial charge < -0.3 is 9.30 Å². The molecule has 4 aromatic rings. The molecule has 0 aliphatic heterocycles. The molecule has 0 unspecified atom stereocenters. The molecule has 2 nitrogen and oxygen atoms in total. The molecule has 1 aromatic heterocycles. The molecule has 1 aliphatic carbocycles. The Morgan fingerprint density at radius 3 is 2.54 bits per heavy atom. The van der Waals surface area contributed by atoms with E-state index in [9.17, 15) is 4.39 Å². The van der Waals surface area contributed by atoms with Gasteiger partial charge in [0.1, 0.15) is 18.2 Å². The summed E-state index contributed by atoms with van der Waals surface area (Å²) in [5, 5.41) is 1.16. The molecule has 0 saturated heterocycles. The van der Waals surface area contributed by atoms with Crippen molar-refractivity contribution in [3.05, 3.63) is 95.4 Å². The maximum Gasteiger partial charge on any atom is 0.126 e. The highest BCUT2D eigenvalue weighted by Crippen LogP contribution is 2.44. The smallest absolute Gasteiger partial charge is 0.126 e. The molecular formula is C25H22FNO. The normalized spacial score (nSPS) is 13.8. The fraction of sp³-hybridized carbons (Fsp3) is 0.200. The zero-order valence-electron chi connectivity index (χ0n) is 15.9. The standard InChI is InChI=1S/C25H22FNO/c1-17-13-21(9-11-23(17)26)27-24-12-10-22(28-16-18-5-3-2-4-6-18)14-20(24)15-25(27)19-7-8-19/h2-6,9-15,19H,7-8,16H2,1H3. The van der Waals surface area contributed by atoms with Gasteiger partial charge >= 0.3 is 0 Å². The minimum atomic E-state index is -0.162. The van der Waals surface area contributed by atoms with E-state index in [1.807, 2.05) is 43.3 Å². The maximum absolute atomic E-state index is 13.8. The topological polar surface area (TPSA) is 14.2 Å². The molecule has 1 heterocycles.